The number of ketones is 1. The van der Waals surface area contributed by atoms with E-state index in [1.165, 1.54) is 65.0 Å². The number of allylic oxidation sites excluding steroid dienone is 2. The number of phenolic OH excluding ortho intramolecular Hbond substituents is 3. The number of methoxy groups -OCH3 is 1. The van der Waals surface area contributed by atoms with Crippen LogP contribution in [-0.2, 0) is 30.3 Å². The average Bonchev–Trinajstić information content (AvgIpc) is 3.55. The lowest BCUT2D eigenvalue weighted by atomic mass is 9.78. The molecule has 16 nitrogen and oxygen atoms in total. The quantitative estimate of drug-likeness (QED) is 0.0658. The summed E-state index contributed by atoms with van der Waals surface area (Å²) in [6, 6.07) is 9.93. The molecule has 7 rings (SSSR count). The van der Waals surface area contributed by atoms with Gasteiger partial charge >= 0.3 is 11.8 Å². The number of anilines is 1. The highest BCUT2D eigenvalue weighted by molar-refractivity contribution is 6.23. The summed E-state index contributed by atoms with van der Waals surface area (Å²) >= 11 is 0. The van der Waals surface area contributed by atoms with Crippen molar-refractivity contribution in [3.05, 3.63) is 88.7 Å². The number of amides is 1. The van der Waals surface area contributed by atoms with E-state index in [-0.39, 0.29) is 56.6 Å². The van der Waals surface area contributed by atoms with E-state index in [1.54, 1.807) is 39.8 Å². The highest BCUT2D eigenvalue weighted by atomic mass is 16.7. The number of rotatable bonds is 6. The van der Waals surface area contributed by atoms with Crippen molar-refractivity contribution in [1.29, 1.82) is 0 Å². The molecule has 11 atom stereocenters. The summed E-state index contributed by atoms with van der Waals surface area (Å²) in [5, 5.41) is 68.1. The number of nitrogens with one attached hydrogen (secondary N) is 1. The number of carbonyl (C=O) groups excluding carboxylic acids is 3. The monoisotopic (exact) mass is 926 g/mol. The third-order valence-electron chi connectivity index (χ3n) is 13.6. The molecule has 4 aliphatic heterocycles. The van der Waals surface area contributed by atoms with E-state index in [0.717, 1.165) is 6.54 Å². The zero-order chi connectivity index (χ0) is 49.2. The summed E-state index contributed by atoms with van der Waals surface area (Å²) in [6.07, 6.45) is 4.88. The van der Waals surface area contributed by atoms with Crippen molar-refractivity contribution in [3.63, 3.8) is 0 Å². The normalized spacial score (nSPS) is 30.1. The number of esters is 1. The van der Waals surface area contributed by atoms with E-state index in [0.29, 0.717) is 13.1 Å². The van der Waals surface area contributed by atoms with Crippen molar-refractivity contribution in [3.8, 4) is 23.0 Å². The van der Waals surface area contributed by atoms with Gasteiger partial charge in [-0.1, -0.05) is 76.3 Å². The molecule has 1 saturated heterocycles. The molecule has 1 fully saturated rings. The van der Waals surface area contributed by atoms with Gasteiger partial charge in [0.25, 0.3) is 11.7 Å². The van der Waals surface area contributed by atoms with Crippen molar-refractivity contribution in [1.82, 2.24) is 9.91 Å². The van der Waals surface area contributed by atoms with Crippen molar-refractivity contribution < 1.29 is 58.9 Å². The topological polar surface area (TPSA) is 220 Å². The number of hydrogen-bond acceptors (Lipinski definition) is 15. The van der Waals surface area contributed by atoms with E-state index >= 15 is 0 Å². The molecule has 0 radical (unpaired) electrons. The first kappa shape index (κ1) is 50.5. The second kappa shape index (κ2) is 20.5. The van der Waals surface area contributed by atoms with Gasteiger partial charge < -0.3 is 49.8 Å². The number of aliphatic hydroxyl groups is 2. The number of Topliss-reactive ketones (excluding diaryl/α,β-unsaturated/α-hetero) is 1. The molecule has 1 amide bonds. The molecule has 3 aromatic rings. The zero-order valence-electron chi connectivity index (χ0n) is 40.2. The Labute approximate surface area is 392 Å². The van der Waals surface area contributed by atoms with Crippen LogP contribution < -0.4 is 10.1 Å². The fourth-order valence-corrected chi connectivity index (χ4v) is 9.62. The molecule has 0 aliphatic carbocycles. The van der Waals surface area contributed by atoms with Gasteiger partial charge in [0.15, 0.2) is 5.75 Å². The molecule has 0 saturated carbocycles. The first-order valence-electron chi connectivity index (χ1n) is 22.8. The Balaban J connectivity index is 1.49. The molecule has 0 spiro atoms. The second-order valence-corrected chi connectivity index (χ2v) is 18.6. The minimum absolute atomic E-state index is 0.0500. The number of piperazine rings is 1. The largest absolute Gasteiger partial charge is 0.507 e. The number of benzene rings is 3. The van der Waals surface area contributed by atoms with Crippen molar-refractivity contribution in [2.24, 2.45) is 28.8 Å². The van der Waals surface area contributed by atoms with Crippen LogP contribution >= 0.6 is 0 Å². The van der Waals surface area contributed by atoms with Gasteiger partial charge in [0.2, 0.25) is 0 Å². The van der Waals surface area contributed by atoms with Crippen LogP contribution in [0.1, 0.15) is 89.4 Å². The predicted octanol–water partition coefficient (Wildman–Crippen LogP) is 6.68. The van der Waals surface area contributed by atoms with Crippen LogP contribution in [0.25, 0.3) is 10.8 Å². The van der Waals surface area contributed by atoms with Crippen molar-refractivity contribution in [2.75, 3.05) is 25.5 Å². The summed E-state index contributed by atoms with van der Waals surface area (Å²) < 4.78 is 23.8. The molecule has 0 aromatic heterocycles. The van der Waals surface area contributed by atoms with Crippen LogP contribution in [0.4, 0.5) is 5.69 Å². The lowest BCUT2D eigenvalue weighted by molar-refractivity contribution is -0.160. The maximum Gasteiger partial charge on any atom is 0.312 e. The summed E-state index contributed by atoms with van der Waals surface area (Å²) in [6.45, 7) is 18.7. The Morgan fingerprint density at radius 1 is 0.910 bits per heavy atom. The fourth-order valence-electron chi connectivity index (χ4n) is 9.62. The minimum atomic E-state index is -2.07. The number of phenols is 3. The van der Waals surface area contributed by atoms with Gasteiger partial charge in [-0.3, -0.25) is 24.3 Å². The average molecular weight is 927 g/mol. The Kier molecular flexibility index (Phi) is 15.5. The number of aliphatic hydroxyl groups excluding tert-OH is 2. The summed E-state index contributed by atoms with van der Waals surface area (Å²) in [4.78, 5) is 43.4. The van der Waals surface area contributed by atoms with Gasteiger partial charge in [-0.2, -0.15) is 5.10 Å². The molecule has 67 heavy (non-hydrogen) atoms. The molecule has 0 unspecified atom stereocenters. The molecule has 4 heterocycles. The number of nitrogens with zero attached hydrogens (tertiary/aromatic N) is 3. The third kappa shape index (κ3) is 10.2. The van der Waals surface area contributed by atoms with Crippen molar-refractivity contribution >= 4 is 40.3 Å². The number of ether oxygens (including phenoxy) is 4. The second-order valence-electron chi connectivity index (χ2n) is 18.6. The van der Waals surface area contributed by atoms with Gasteiger partial charge in [-0.25, -0.2) is 0 Å². The van der Waals surface area contributed by atoms with E-state index in [9.17, 15) is 39.9 Å². The van der Waals surface area contributed by atoms with Gasteiger partial charge in [-0.05, 0) is 39.3 Å². The Morgan fingerprint density at radius 3 is 2.19 bits per heavy atom. The maximum atomic E-state index is 14.6. The number of fused-ring (bicyclic) bond motifs is 14. The number of carbonyl (C=O) groups is 3. The number of aromatic hydroxyl groups is 3. The van der Waals surface area contributed by atoms with Crippen LogP contribution in [0.15, 0.2) is 71.6 Å². The zero-order valence-corrected chi connectivity index (χ0v) is 40.2. The summed E-state index contributed by atoms with van der Waals surface area (Å²) in [7, 11) is 1.44. The van der Waals surface area contributed by atoms with Crippen molar-refractivity contribution in [2.45, 2.75) is 118 Å². The maximum absolute atomic E-state index is 14.6. The standard InChI is InChI=1S/C51H66N4O12/c1-26-16-15-17-27(2)50(63)53-41-36(22-52-55-28(3)23-54(24-29(55)4)25-35-18-13-12-14-19-35)45(60)38-39(46(41)61)44(59)33(8)48-40(38)49(62)51(10,67-48)65-21-20-37(64-11)30(5)47(66-34(9)56)32(7)43(58)31(6)42(26)57/h12-22,26,28-32,37,42-43,47,57-61H,23-25H2,1-11H3,(H,53,63)/t26-,28-,29+,30-,31-,32-,37+,42-,43-,47+,51-/m0/s1. The first-order chi connectivity index (χ1) is 31.6. The van der Waals surface area contributed by atoms with E-state index in [4.69, 9.17) is 24.0 Å². The molecule has 16 heteroatoms. The Morgan fingerprint density at radius 2 is 1.57 bits per heavy atom. The SMILES string of the molecule is CO[C@@H]1C=CO[C@@]2(C)Oc3c(C)c(O)c4c(O)c(c(C=NN5[C@H](C)CN(Cc6ccccc6)C[C@@H]5C)c(O)c4c3C2=O)NC(=O)C(C)=CC=C[C@H](C)[C@H](O)[C@H](C)[C@H](O)[C@H](C)[C@H](OC(C)=O)[C@H]1C. The highest BCUT2D eigenvalue weighted by Crippen LogP contribution is 2.55. The van der Waals surface area contributed by atoms with Crippen LogP contribution in [0, 0.1) is 30.6 Å². The van der Waals surface area contributed by atoms with Crippen LogP contribution in [0.2, 0.25) is 0 Å². The first-order valence-corrected chi connectivity index (χ1v) is 22.8. The lowest BCUT2D eigenvalue weighted by Gasteiger charge is -2.42. The predicted molar refractivity (Wildman–Crippen MR) is 254 cm³/mol. The van der Waals surface area contributed by atoms with Gasteiger partial charge in [-0.15, -0.1) is 0 Å². The summed E-state index contributed by atoms with van der Waals surface area (Å²) in [5.41, 5.74) is 0.785. The Hall–Kier alpha value is -5.94. The molecule has 5 bridgehead atoms. The van der Waals surface area contributed by atoms with Crippen LogP contribution in [0.3, 0.4) is 0 Å². The highest BCUT2D eigenvalue weighted by Gasteiger charge is 2.50. The van der Waals surface area contributed by atoms with Gasteiger partial charge in [0.1, 0.15) is 23.4 Å². The molecule has 3 aromatic carbocycles. The van der Waals surface area contributed by atoms with Gasteiger partial charge in [0, 0.05) is 80.8 Å². The van der Waals surface area contributed by atoms with E-state index in [1.807, 2.05) is 37.1 Å². The fraction of sp³-hybridized carbons (Fsp3) is 0.490. The van der Waals surface area contributed by atoms with E-state index in [2.05, 4.69) is 22.3 Å². The molecule has 6 N–H and O–H groups in total. The third-order valence-corrected chi connectivity index (χ3v) is 13.6. The van der Waals surface area contributed by atoms with Crippen LogP contribution in [0.5, 0.6) is 23.0 Å². The Bertz CT molecular complexity index is 2460. The smallest absolute Gasteiger partial charge is 0.312 e. The number of hydrogen-bond donors (Lipinski definition) is 6. The molecule has 362 valence electrons. The minimum Gasteiger partial charge on any atom is -0.507 e. The molecular weight excluding hydrogens is 861 g/mol. The van der Waals surface area contributed by atoms with Crippen LogP contribution in [-0.4, -0.2) is 122 Å². The summed E-state index contributed by atoms with van der Waals surface area (Å²) in [5.74, 6) is -8.46. The molecule has 4 aliphatic rings. The van der Waals surface area contributed by atoms with Gasteiger partial charge in [0.05, 0.1) is 65.1 Å². The lowest BCUT2D eigenvalue weighted by Crippen LogP contribution is -2.54. The number of hydrazone groups is 1. The van der Waals surface area contributed by atoms with E-state index < -0.39 is 88.8 Å². The molecular formula is C51H66N4O12.